The average Bonchev–Trinajstić information content (AvgIpc) is 3.49. The third-order valence-electron chi connectivity index (χ3n) is 7.97. The summed E-state index contributed by atoms with van der Waals surface area (Å²) in [6, 6.07) is 16.4. The molecule has 1 saturated heterocycles. The maximum absolute atomic E-state index is 15.7. The topological polar surface area (TPSA) is 75.5 Å². The number of hydrogen-bond acceptors (Lipinski definition) is 6. The van der Waals surface area contributed by atoms with Crippen LogP contribution in [0.25, 0.3) is 22.2 Å². The van der Waals surface area contributed by atoms with E-state index in [0.29, 0.717) is 63.4 Å². The average molecular weight is 602 g/mol. The second-order valence-corrected chi connectivity index (χ2v) is 11.4. The second-order valence-electron chi connectivity index (χ2n) is 10.9. The zero-order valence-electron chi connectivity index (χ0n) is 23.4. The van der Waals surface area contributed by atoms with Gasteiger partial charge < -0.3 is 18.8 Å². The highest BCUT2D eigenvalue weighted by atomic mass is 35.5. The molecule has 1 unspecified atom stereocenters. The Kier molecular flexibility index (Phi) is 6.67. The Hall–Kier alpha value is -4.34. The number of imidazole rings is 1. The summed E-state index contributed by atoms with van der Waals surface area (Å²) < 4.78 is 51.3. The van der Waals surface area contributed by atoms with Gasteiger partial charge in [0, 0.05) is 42.8 Å². The fourth-order valence-electron chi connectivity index (χ4n) is 5.55. The number of nitrogens with zero attached hydrogens (tertiary/aromatic N) is 3. The zero-order valence-corrected chi connectivity index (χ0v) is 24.1. The molecule has 0 amide bonds. The van der Waals surface area contributed by atoms with Crippen LogP contribution in [0.3, 0.4) is 0 Å². The monoisotopic (exact) mass is 601 g/mol. The van der Waals surface area contributed by atoms with Gasteiger partial charge in [0.2, 0.25) is 0 Å². The van der Waals surface area contributed by atoms with Crippen molar-refractivity contribution in [2.75, 3.05) is 6.61 Å². The maximum Gasteiger partial charge on any atom is 0.292 e. The number of pyridine rings is 1. The molecule has 0 bridgehead atoms. The molecule has 43 heavy (non-hydrogen) atoms. The molecule has 0 aliphatic carbocycles. The van der Waals surface area contributed by atoms with E-state index < -0.39 is 17.4 Å². The Morgan fingerprint density at radius 1 is 1.09 bits per heavy atom. The molecule has 7 nitrogen and oxygen atoms in total. The molecule has 3 aromatic carbocycles. The Labute approximate surface area is 251 Å². The SMILES string of the molecule is CC(=O)c1ccc2nc(Cc3c(F)cc(-c4cccc5c4OC(C)(c4ccc(Cl)cn4)O5)cc3F)n(C[C@@H]3CCO3)c2c1. The van der Waals surface area contributed by atoms with Crippen molar-refractivity contribution in [1.29, 1.82) is 0 Å². The van der Waals surface area contributed by atoms with Gasteiger partial charge in [0.05, 0.1) is 28.7 Å². The van der Waals surface area contributed by atoms with E-state index in [1.807, 2.05) is 4.57 Å². The van der Waals surface area contributed by atoms with Crippen LogP contribution >= 0.6 is 11.6 Å². The molecule has 0 saturated carbocycles. The van der Waals surface area contributed by atoms with Crippen molar-refractivity contribution in [2.45, 2.75) is 45.1 Å². The number of benzene rings is 3. The Bertz CT molecular complexity index is 1880. The number of halogens is 3. The number of carbonyl (C=O) groups excluding carboxylic acids is 1. The molecule has 5 aromatic rings. The molecule has 4 heterocycles. The molecule has 1 fully saturated rings. The van der Waals surface area contributed by atoms with E-state index in [-0.39, 0.29) is 23.9 Å². The normalized spacial score (nSPS) is 19.0. The highest BCUT2D eigenvalue weighted by Gasteiger charge is 2.41. The van der Waals surface area contributed by atoms with Crippen LogP contribution in [0.5, 0.6) is 11.5 Å². The largest absolute Gasteiger partial charge is 0.443 e. The van der Waals surface area contributed by atoms with Crippen molar-refractivity contribution in [3.8, 4) is 22.6 Å². The van der Waals surface area contributed by atoms with E-state index in [1.54, 1.807) is 55.5 Å². The van der Waals surface area contributed by atoms with Gasteiger partial charge in [-0.1, -0.05) is 23.7 Å². The van der Waals surface area contributed by atoms with Crippen molar-refractivity contribution < 1.29 is 27.8 Å². The van der Waals surface area contributed by atoms with Crippen LogP contribution in [-0.4, -0.2) is 33.0 Å². The molecular weight excluding hydrogens is 576 g/mol. The third kappa shape index (κ3) is 4.92. The summed E-state index contributed by atoms with van der Waals surface area (Å²) in [7, 11) is 0. The molecule has 2 atom stereocenters. The summed E-state index contributed by atoms with van der Waals surface area (Å²) in [5.74, 6) is -1.47. The third-order valence-corrected chi connectivity index (χ3v) is 8.20. The molecule has 2 aliphatic rings. The lowest BCUT2D eigenvalue weighted by Gasteiger charge is -2.27. The quantitative estimate of drug-likeness (QED) is 0.183. The fourth-order valence-corrected chi connectivity index (χ4v) is 5.66. The number of ether oxygens (including phenoxy) is 3. The smallest absolute Gasteiger partial charge is 0.292 e. The minimum absolute atomic E-state index is 0.0228. The lowest BCUT2D eigenvalue weighted by molar-refractivity contribution is -0.0715. The zero-order chi connectivity index (χ0) is 29.9. The summed E-state index contributed by atoms with van der Waals surface area (Å²) in [6.07, 6.45) is 2.27. The van der Waals surface area contributed by atoms with Crippen LogP contribution < -0.4 is 9.47 Å². The van der Waals surface area contributed by atoms with Gasteiger partial charge in [0.1, 0.15) is 23.2 Å². The minimum Gasteiger partial charge on any atom is -0.443 e. The molecule has 218 valence electrons. The summed E-state index contributed by atoms with van der Waals surface area (Å²) >= 11 is 5.99. The minimum atomic E-state index is -1.24. The van der Waals surface area contributed by atoms with Gasteiger partial charge >= 0.3 is 0 Å². The van der Waals surface area contributed by atoms with Gasteiger partial charge in [0.15, 0.2) is 17.3 Å². The van der Waals surface area contributed by atoms with Gasteiger partial charge in [-0.3, -0.25) is 9.78 Å². The van der Waals surface area contributed by atoms with Crippen molar-refractivity contribution in [3.05, 3.63) is 106 Å². The standard InChI is InChI=1S/C33H26ClF2N3O4/c1-18(40)19-6-8-27-28(14-19)39(17-22-10-11-41-22)31(38-27)15-24-25(35)12-20(13-26(24)36)23-4-3-5-29-32(23)43-33(2,42-29)30-9-7-21(34)16-37-30/h3-9,12-14,16,22H,10-11,15,17H2,1-2H3/t22-,33?/m0/s1. The lowest BCUT2D eigenvalue weighted by Crippen LogP contribution is -2.32. The van der Waals surface area contributed by atoms with Gasteiger partial charge in [-0.05, 0) is 67.4 Å². The molecule has 10 heteroatoms. The van der Waals surface area contributed by atoms with Gasteiger partial charge in [-0.25, -0.2) is 13.8 Å². The number of aromatic nitrogens is 3. The summed E-state index contributed by atoms with van der Waals surface area (Å²) in [4.78, 5) is 21.1. The molecule has 2 aliphatic heterocycles. The Balaban J connectivity index is 1.23. The van der Waals surface area contributed by atoms with Crippen molar-refractivity contribution in [1.82, 2.24) is 14.5 Å². The van der Waals surface area contributed by atoms with Gasteiger partial charge in [0.25, 0.3) is 5.79 Å². The number of fused-ring (bicyclic) bond motifs is 2. The van der Waals surface area contributed by atoms with Crippen LogP contribution in [0.15, 0.2) is 66.9 Å². The van der Waals surface area contributed by atoms with E-state index in [4.69, 9.17) is 30.8 Å². The van der Waals surface area contributed by atoms with Gasteiger partial charge in [-0.15, -0.1) is 0 Å². The fraction of sp³-hybridized carbons (Fsp3) is 0.242. The number of para-hydroxylation sites is 1. The molecule has 0 radical (unpaired) electrons. The first-order valence-corrected chi connectivity index (χ1v) is 14.3. The lowest BCUT2D eigenvalue weighted by atomic mass is 10.00. The Morgan fingerprint density at radius 3 is 2.56 bits per heavy atom. The van der Waals surface area contributed by atoms with Crippen molar-refractivity contribution >= 4 is 28.4 Å². The van der Waals surface area contributed by atoms with Crippen LogP contribution in [-0.2, 0) is 23.5 Å². The van der Waals surface area contributed by atoms with Crippen LogP contribution in [0.1, 0.15) is 47.7 Å². The molecule has 2 aromatic heterocycles. The highest BCUT2D eigenvalue weighted by Crippen LogP contribution is 2.49. The summed E-state index contributed by atoms with van der Waals surface area (Å²) in [5.41, 5.74) is 3.08. The number of hydrogen-bond donors (Lipinski definition) is 0. The highest BCUT2D eigenvalue weighted by molar-refractivity contribution is 6.30. The van der Waals surface area contributed by atoms with Crippen LogP contribution in [0, 0.1) is 11.6 Å². The molecule has 0 spiro atoms. The molecule has 7 rings (SSSR count). The Morgan fingerprint density at radius 2 is 1.88 bits per heavy atom. The van der Waals surface area contributed by atoms with Gasteiger partial charge in [-0.2, -0.15) is 0 Å². The number of Topliss-reactive ketones (excluding diaryl/α,β-unsaturated/α-hetero) is 1. The summed E-state index contributed by atoms with van der Waals surface area (Å²) in [5, 5.41) is 0.474. The van der Waals surface area contributed by atoms with E-state index in [2.05, 4.69) is 4.98 Å². The number of rotatable bonds is 7. The molecule has 0 N–H and O–H groups in total. The second kappa shape index (κ2) is 10.4. The first-order valence-electron chi connectivity index (χ1n) is 13.9. The first-order chi connectivity index (χ1) is 20.7. The number of carbonyl (C=O) groups is 1. The predicted molar refractivity (Wildman–Crippen MR) is 157 cm³/mol. The van der Waals surface area contributed by atoms with E-state index >= 15 is 8.78 Å². The first kappa shape index (κ1) is 27.5. The van der Waals surface area contributed by atoms with E-state index in [9.17, 15) is 4.79 Å². The predicted octanol–water partition coefficient (Wildman–Crippen LogP) is 7.26. The van der Waals surface area contributed by atoms with Crippen molar-refractivity contribution in [3.63, 3.8) is 0 Å². The van der Waals surface area contributed by atoms with E-state index in [1.165, 1.54) is 25.3 Å². The summed E-state index contributed by atoms with van der Waals surface area (Å²) in [6.45, 7) is 4.36. The maximum atomic E-state index is 15.7. The van der Waals surface area contributed by atoms with E-state index in [0.717, 1.165) is 11.9 Å². The van der Waals surface area contributed by atoms with Crippen molar-refractivity contribution in [2.24, 2.45) is 0 Å². The van der Waals surface area contributed by atoms with Crippen LogP contribution in [0.2, 0.25) is 5.02 Å². The molecular formula is C33H26ClF2N3O4. The number of ketones is 1. The van der Waals surface area contributed by atoms with Crippen LogP contribution in [0.4, 0.5) is 8.78 Å².